The number of benzene rings is 1. The summed E-state index contributed by atoms with van der Waals surface area (Å²) in [6.45, 7) is 6.01. The van der Waals surface area contributed by atoms with Gasteiger partial charge in [0.2, 0.25) is 10.0 Å². The van der Waals surface area contributed by atoms with Gasteiger partial charge in [-0.3, -0.25) is 9.13 Å². The van der Waals surface area contributed by atoms with Gasteiger partial charge in [0, 0.05) is 19.0 Å². The largest absolute Gasteiger partial charge is 0.328 e. The van der Waals surface area contributed by atoms with Crippen LogP contribution in [0.4, 0.5) is 0 Å². The van der Waals surface area contributed by atoms with Crippen molar-refractivity contribution in [3.63, 3.8) is 0 Å². The third-order valence-corrected chi connectivity index (χ3v) is 6.88. The second-order valence-electron chi connectivity index (χ2n) is 7.49. The molecule has 3 rings (SSSR count). The summed E-state index contributed by atoms with van der Waals surface area (Å²) in [5.41, 5.74) is 0.807. The molecule has 0 aliphatic heterocycles. The van der Waals surface area contributed by atoms with Gasteiger partial charge in [-0.05, 0) is 35.1 Å². The molecule has 2 aromatic heterocycles. The Labute approximate surface area is 157 Å². The van der Waals surface area contributed by atoms with Gasteiger partial charge in [0.25, 0.3) is 0 Å². The number of imidazole rings is 1. The number of fused-ring (bicyclic) bond motifs is 1. The van der Waals surface area contributed by atoms with Gasteiger partial charge in [-0.2, -0.15) is 0 Å². The van der Waals surface area contributed by atoms with Crippen LogP contribution in [-0.2, 0) is 24.1 Å². The Bertz CT molecular complexity index is 1100. The number of nitrogens with zero attached hydrogens (tertiary/aromatic N) is 2. The fourth-order valence-electron chi connectivity index (χ4n) is 2.99. The molecule has 0 spiro atoms. The highest BCUT2D eigenvalue weighted by Gasteiger charge is 2.32. The molecule has 0 bridgehead atoms. The van der Waals surface area contributed by atoms with E-state index in [2.05, 4.69) is 4.72 Å². The van der Waals surface area contributed by atoms with Crippen molar-refractivity contribution in [2.45, 2.75) is 31.7 Å². The van der Waals surface area contributed by atoms with Gasteiger partial charge in [-0.1, -0.05) is 26.8 Å². The van der Waals surface area contributed by atoms with E-state index in [1.165, 1.54) is 26.5 Å². The summed E-state index contributed by atoms with van der Waals surface area (Å²) in [5, 5.41) is 1.94. The number of hydrogen-bond acceptors (Lipinski definition) is 4. The van der Waals surface area contributed by atoms with Crippen LogP contribution in [-0.4, -0.2) is 17.6 Å². The minimum absolute atomic E-state index is 0.150. The molecule has 0 fully saturated rings. The molecule has 6 nitrogen and oxygen atoms in total. The molecule has 0 aliphatic rings. The van der Waals surface area contributed by atoms with Crippen molar-refractivity contribution in [1.82, 2.24) is 13.9 Å². The van der Waals surface area contributed by atoms with Gasteiger partial charge in [0.1, 0.15) is 0 Å². The van der Waals surface area contributed by atoms with Crippen molar-refractivity contribution in [2.75, 3.05) is 0 Å². The number of thiophene rings is 1. The fraction of sp³-hybridized carbons (Fsp3) is 0.389. The topological polar surface area (TPSA) is 73.1 Å². The van der Waals surface area contributed by atoms with Gasteiger partial charge < -0.3 is 0 Å². The van der Waals surface area contributed by atoms with E-state index in [1.807, 2.05) is 38.3 Å². The molecule has 0 aliphatic carbocycles. The summed E-state index contributed by atoms with van der Waals surface area (Å²) in [6, 6.07) is 8.27. The second kappa shape index (κ2) is 6.37. The van der Waals surface area contributed by atoms with Crippen molar-refractivity contribution < 1.29 is 8.42 Å². The lowest BCUT2D eigenvalue weighted by Crippen LogP contribution is -2.36. The highest BCUT2D eigenvalue weighted by molar-refractivity contribution is 7.89. The molecule has 8 heteroatoms. The van der Waals surface area contributed by atoms with Crippen molar-refractivity contribution in [3.05, 3.63) is 51.1 Å². The lowest BCUT2D eigenvalue weighted by molar-refractivity contribution is 0.308. The number of aromatic nitrogens is 2. The summed E-state index contributed by atoms with van der Waals surface area (Å²) in [4.78, 5) is 13.2. The molecular weight excluding hydrogens is 370 g/mol. The van der Waals surface area contributed by atoms with Crippen molar-refractivity contribution in [3.8, 4) is 0 Å². The van der Waals surface area contributed by atoms with Crippen LogP contribution in [0.5, 0.6) is 0 Å². The number of rotatable bonds is 4. The Kier molecular flexibility index (Phi) is 4.62. The molecule has 0 saturated carbocycles. The Morgan fingerprint density at radius 1 is 1.08 bits per heavy atom. The molecular formula is C18H23N3O3S2. The zero-order valence-corrected chi connectivity index (χ0v) is 17.1. The SMILES string of the molecule is Cn1c(=O)n(C)c2cc(S(=O)(=O)NC(c3cccs3)C(C)(C)C)ccc21. The Hall–Kier alpha value is -1.90. The first kappa shape index (κ1) is 18.9. The Balaban J connectivity index is 2.06. The molecule has 1 atom stereocenters. The predicted octanol–water partition coefficient (Wildman–Crippen LogP) is 3.00. The monoisotopic (exact) mass is 393 g/mol. The number of sulfonamides is 1. The normalized spacial score (nSPS) is 14.0. The van der Waals surface area contributed by atoms with Crippen LogP contribution in [0.1, 0.15) is 31.7 Å². The summed E-state index contributed by atoms with van der Waals surface area (Å²) >= 11 is 1.53. The maximum Gasteiger partial charge on any atom is 0.328 e. The molecule has 0 amide bonds. The van der Waals surface area contributed by atoms with Crippen LogP contribution in [0.25, 0.3) is 11.0 Å². The first-order valence-corrected chi connectivity index (χ1v) is 10.6. The number of hydrogen-bond donors (Lipinski definition) is 1. The first-order valence-electron chi connectivity index (χ1n) is 8.23. The van der Waals surface area contributed by atoms with E-state index >= 15 is 0 Å². The maximum absolute atomic E-state index is 13.0. The average Bonchev–Trinajstić information content (AvgIpc) is 3.16. The van der Waals surface area contributed by atoms with E-state index in [0.717, 1.165) is 4.88 Å². The highest BCUT2D eigenvalue weighted by atomic mass is 32.2. The highest BCUT2D eigenvalue weighted by Crippen LogP contribution is 2.36. The predicted molar refractivity (Wildman–Crippen MR) is 105 cm³/mol. The van der Waals surface area contributed by atoms with E-state index in [9.17, 15) is 13.2 Å². The fourth-order valence-corrected chi connectivity index (χ4v) is 5.53. The molecule has 26 heavy (non-hydrogen) atoms. The second-order valence-corrected chi connectivity index (χ2v) is 10.2. The molecule has 1 N–H and O–H groups in total. The van der Waals surface area contributed by atoms with Crippen LogP contribution in [0.2, 0.25) is 0 Å². The molecule has 2 heterocycles. The molecule has 1 aromatic carbocycles. The van der Waals surface area contributed by atoms with E-state index in [0.29, 0.717) is 11.0 Å². The van der Waals surface area contributed by atoms with Crippen LogP contribution in [0.3, 0.4) is 0 Å². The number of nitrogens with one attached hydrogen (secondary N) is 1. The molecule has 1 unspecified atom stereocenters. The summed E-state index contributed by atoms with van der Waals surface area (Å²) in [7, 11) is -0.441. The van der Waals surface area contributed by atoms with E-state index in [-0.39, 0.29) is 22.0 Å². The van der Waals surface area contributed by atoms with Crippen molar-refractivity contribution in [2.24, 2.45) is 19.5 Å². The summed E-state index contributed by atoms with van der Waals surface area (Å²) in [6.07, 6.45) is 0. The average molecular weight is 394 g/mol. The smallest absolute Gasteiger partial charge is 0.295 e. The Morgan fingerprint density at radius 3 is 2.31 bits per heavy atom. The lowest BCUT2D eigenvalue weighted by atomic mass is 9.86. The molecule has 140 valence electrons. The zero-order valence-electron chi connectivity index (χ0n) is 15.5. The van der Waals surface area contributed by atoms with Crippen LogP contribution < -0.4 is 10.4 Å². The van der Waals surface area contributed by atoms with Crippen LogP contribution in [0, 0.1) is 5.41 Å². The van der Waals surface area contributed by atoms with Gasteiger partial charge >= 0.3 is 5.69 Å². The maximum atomic E-state index is 13.0. The lowest BCUT2D eigenvalue weighted by Gasteiger charge is -2.30. The third-order valence-electron chi connectivity index (χ3n) is 4.52. The van der Waals surface area contributed by atoms with Gasteiger partial charge in [-0.15, -0.1) is 11.3 Å². The summed E-state index contributed by atoms with van der Waals surface area (Å²) in [5.74, 6) is 0. The molecule has 0 radical (unpaired) electrons. The van der Waals surface area contributed by atoms with Crippen LogP contribution in [0.15, 0.2) is 45.4 Å². The van der Waals surface area contributed by atoms with Gasteiger partial charge in [0.15, 0.2) is 0 Å². The number of aryl methyl sites for hydroxylation is 2. The van der Waals surface area contributed by atoms with Gasteiger partial charge in [0.05, 0.1) is 22.0 Å². The van der Waals surface area contributed by atoms with Crippen molar-refractivity contribution in [1.29, 1.82) is 0 Å². The molecule has 0 saturated heterocycles. The molecule has 3 aromatic rings. The van der Waals surface area contributed by atoms with E-state index < -0.39 is 10.0 Å². The summed E-state index contributed by atoms with van der Waals surface area (Å²) < 4.78 is 31.9. The van der Waals surface area contributed by atoms with E-state index in [4.69, 9.17) is 0 Å². The van der Waals surface area contributed by atoms with E-state index in [1.54, 1.807) is 26.2 Å². The standard InChI is InChI=1S/C18H23N3O3S2/c1-18(2,3)16(15-7-6-10-25-15)19-26(23,24)12-8-9-13-14(11-12)21(5)17(22)20(13)4/h6-11,16,19H,1-5H3. The zero-order chi connectivity index (χ0) is 19.3. The third kappa shape index (κ3) is 3.24. The van der Waals surface area contributed by atoms with Crippen molar-refractivity contribution >= 4 is 32.4 Å². The first-order chi connectivity index (χ1) is 12.0. The Morgan fingerprint density at radius 2 is 1.73 bits per heavy atom. The van der Waals surface area contributed by atoms with Gasteiger partial charge in [-0.25, -0.2) is 17.9 Å². The minimum atomic E-state index is -3.75. The quantitative estimate of drug-likeness (QED) is 0.740. The van der Waals surface area contributed by atoms with Crippen LogP contribution >= 0.6 is 11.3 Å². The minimum Gasteiger partial charge on any atom is -0.295 e.